The van der Waals surface area contributed by atoms with Crippen molar-refractivity contribution in [2.24, 2.45) is 5.73 Å². The molecule has 0 heterocycles. The molecule has 0 spiro atoms. The van der Waals surface area contributed by atoms with Gasteiger partial charge in [0, 0.05) is 36.1 Å². The number of benzene rings is 2. The van der Waals surface area contributed by atoms with Gasteiger partial charge in [-0.25, -0.2) is 4.39 Å². The van der Waals surface area contributed by atoms with Crippen molar-refractivity contribution in [1.82, 2.24) is 0 Å². The number of hydrogen-bond donors (Lipinski definition) is 3. The average Bonchev–Trinajstić information content (AvgIpc) is 2.41. The normalized spacial score (nSPS) is 10.2. The van der Waals surface area contributed by atoms with Gasteiger partial charge in [0.2, 0.25) is 5.91 Å². The quantitative estimate of drug-likeness (QED) is 0.802. The highest BCUT2D eigenvalue weighted by atomic mass is 19.1. The molecule has 2 aromatic rings. The molecule has 0 radical (unpaired) electrons. The lowest BCUT2D eigenvalue weighted by Gasteiger charge is -2.12. The molecule has 20 heavy (non-hydrogen) atoms. The van der Waals surface area contributed by atoms with Crippen LogP contribution in [0.5, 0.6) is 0 Å². The van der Waals surface area contributed by atoms with Crippen molar-refractivity contribution in [3.05, 3.63) is 53.8 Å². The summed E-state index contributed by atoms with van der Waals surface area (Å²) in [5.41, 5.74) is 8.14. The van der Waals surface area contributed by atoms with E-state index in [-0.39, 0.29) is 18.3 Å². The summed E-state index contributed by atoms with van der Waals surface area (Å²) in [6, 6.07) is 11.9. The molecule has 2 rings (SSSR count). The van der Waals surface area contributed by atoms with Gasteiger partial charge >= 0.3 is 0 Å². The lowest BCUT2D eigenvalue weighted by molar-refractivity contribution is -0.114. The molecular formula is C15H16FN3O. The molecule has 0 bridgehead atoms. The number of carbonyl (C=O) groups is 1. The number of halogens is 1. The Kier molecular flexibility index (Phi) is 4.32. The summed E-state index contributed by atoms with van der Waals surface area (Å²) in [5.74, 6) is -0.450. The summed E-state index contributed by atoms with van der Waals surface area (Å²) in [6.45, 7) is 1.57. The van der Waals surface area contributed by atoms with E-state index in [2.05, 4.69) is 10.6 Å². The maximum Gasteiger partial charge on any atom is 0.221 e. The summed E-state index contributed by atoms with van der Waals surface area (Å²) in [7, 11) is 0. The van der Waals surface area contributed by atoms with Crippen LogP contribution in [0.1, 0.15) is 12.5 Å². The van der Waals surface area contributed by atoms with E-state index >= 15 is 0 Å². The summed E-state index contributed by atoms with van der Waals surface area (Å²) in [5, 5.41) is 5.79. The van der Waals surface area contributed by atoms with Crippen LogP contribution >= 0.6 is 0 Å². The Hall–Kier alpha value is -2.40. The highest BCUT2D eigenvalue weighted by molar-refractivity contribution is 5.88. The molecule has 0 aliphatic heterocycles. The molecular weight excluding hydrogens is 257 g/mol. The van der Waals surface area contributed by atoms with E-state index in [0.29, 0.717) is 16.9 Å². The molecule has 1 amide bonds. The van der Waals surface area contributed by atoms with Gasteiger partial charge in [0.15, 0.2) is 0 Å². The molecule has 104 valence electrons. The third kappa shape index (κ3) is 3.33. The number of amides is 1. The monoisotopic (exact) mass is 273 g/mol. The van der Waals surface area contributed by atoms with Crippen molar-refractivity contribution < 1.29 is 9.18 Å². The number of nitrogens with one attached hydrogen (secondary N) is 2. The minimum absolute atomic E-state index is 0.124. The van der Waals surface area contributed by atoms with Crippen molar-refractivity contribution in [1.29, 1.82) is 0 Å². The Labute approximate surface area is 116 Å². The number of hydrogen-bond acceptors (Lipinski definition) is 3. The van der Waals surface area contributed by atoms with Crippen LogP contribution in [-0.2, 0) is 11.3 Å². The zero-order valence-electron chi connectivity index (χ0n) is 11.1. The van der Waals surface area contributed by atoms with Crippen molar-refractivity contribution in [3.8, 4) is 0 Å². The highest BCUT2D eigenvalue weighted by Gasteiger charge is 2.06. The summed E-state index contributed by atoms with van der Waals surface area (Å²) in [6.07, 6.45) is 0. The van der Waals surface area contributed by atoms with Crippen molar-refractivity contribution in [2.45, 2.75) is 13.5 Å². The van der Waals surface area contributed by atoms with E-state index in [1.807, 2.05) is 0 Å². The maximum atomic E-state index is 13.6. The Morgan fingerprint density at radius 1 is 1.15 bits per heavy atom. The van der Waals surface area contributed by atoms with Gasteiger partial charge in [0.25, 0.3) is 0 Å². The van der Waals surface area contributed by atoms with Crippen molar-refractivity contribution >= 4 is 23.0 Å². The SMILES string of the molecule is CC(=O)Nc1ccc(Nc2cccc(F)c2CN)cc1. The van der Waals surface area contributed by atoms with Crippen LogP contribution in [0.2, 0.25) is 0 Å². The molecule has 5 heteroatoms. The Morgan fingerprint density at radius 2 is 1.80 bits per heavy atom. The summed E-state index contributed by atoms with van der Waals surface area (Å²) in [4.78, 5) is 10.9. The lowest BCUT2D eigenvalue weighted by atomic mass is 10.1. The standard InChI is InChI=1S/C15H16FN3O/c1-10(20)18-11-5-7-12(8-6-11)19-15-4-2-3-14(16)13(15)9-17/h2-8,19H,9,17H2,1H3,(H,18,20). The molecule has 0 aliphatic rings. The van der Waals surface area contributed by atoms with Gasteiger partial charge < -0.3 is 16.4 Å². The minimum Gasteiger partial charge on any atom is -0.355 e. The predicted octanol–water partition coefficient (Wildman–Crippen LogP) is 2.99. The second kappa shape index (κ2) is 6.16. The molecule has 0 atom stereocenters. The first-order valence-electron chi connectivity index (χ1n) is 6.22. The van der Waals surface area contributed by atoms with E-state index in [0.717, 1.165) is 5.69 Å². The first-order valence-corrected chi connectivity index (χ1v) is 6.22. The molecule has 0 fully saturated rings. The molecule has 0 saturated heterocycles. The second-order valence-electron chi connectivity index (χ2n) is 4.35. The zero-order chi connectivity index (χ0) is 14.5. The lowest BCUT2D eigenvalue weighted by Crippen LogP contribution is -2.06. The number of carbonyl (C=O) groups excluding carboxylic acids is 1. The van der Waals surface area contributed by atoms with Gasteiger partial charge in [-0.15, -0.1) is 0 Å². The maximum absolute atomic E-state index is 13.6. The van der Waals surface area contributed by atoms with Gasteiger partial charge in [-0.3, -0.25) is 4.79 Å². The molecule has 0 aliphatic carbocycles. The van der Waals surface area contributed by atoms with Gasteiger partial charge in [-0.05, 0) is 36.4 Å². The summed E-state index contributed by atoms with van der Waals surface area (Å²) < 4.78 is 13.6. The average molecular weight is 273 g/mol. The molecule has 4 nitrogen and oxygen atoms in total. The second-order valence-corrected chi connectivity index (χ2v) is 4.35. The Morgan fingerprint density at radius 3 is 2.40 bits per heavy atom. The Bertz CT molecular complexity index is 611. The van der Waals surface area contributed by atoms with Crippen LogP contribution in [0, 0.1) is 5.82 Å². The van der Waals surface area contributed by atoms with Crippen LogP contribution in [0.15, 0.2) is 42.5 Å². The number of nitrogens with two attached hydrogens (primary N) is 1. The fourth-order valence-electron chi connectivity index (χ4n) is 1.88. The fraction of sp³-hybridized carbons (Fsp3) is 0.133. The fourth-order valence-corrected chi connectivity index (χ4v) is 1.88. The summed E-state index contributed by atoms with van der Waals surface area (Å²) >= 11 is 0. The molecule has 0 aromatic heterocycles. The van der Waals surface area contributed by atoms with E-state index in [9.17, 15) is 9.18 Å². The van der Waals surface area contributed by atoms with Crippen LogP contribution in [0.4, 0.5) is 21.5 Å². The van der Waals surface area contributed by atoms with Crippen LogP contribution in [0.25, 0.3) is 0 Å². The Balaban J connectivity index is 2.18. The van der Waals surface area contributed by atoms with E-state index in [1.54, 1.807) is 36.4 Å². The van der Waals surface area contributed by atoms with Crippen LogP contribution in [0.3, 0.4) is 0 Å². The third-order valence-corrected chi connectivity index (χ3v) is 2.81. The van der Waals surface area contributed by atoms with Gasteiger partial charge in [-0.2, -0.15) is 0 Å². The molecule has 2 aromatic carbocycles. The van der Waals surface area contributed by atoms with E-state index in [1.165, 1.54) is 13.0 Å². The molecule has 0 saturated carbocycles. The van der Waals surface area contributed by atoms with E-state index in [4.69, 9.17) is 5.73 Å². The number of anilines is 3. The van der Waals surface area contributed by atoms with E-state index < -0.39 is 0 Å². The van der Waals surface area contributed by atoms with Gasteiger partial charge in [-0.1, -0.05) is 6.07 Å². The smallest absolute Gasteiger partial charge is 0.221 e. The van der Waals surface area contributed by atoms with Gasteiger partial charge in [0.05, 0.1) is 0 Å². The third-order valence-electron chi connectivity index (χ3n) is 2.81. The van der Waals surface area contributed by atoms with Crippen molar-refractivity contribution in [2.75, 3.05) is 10.6 Å². The van der Waals surface area contributed by atoms with Crippen LogP contribution < -0.4 is 16.4 Å². The highest BCUT2D eigenvalue weighted by Crippen LogP contribution is 2.23. The molecule has 0 unspecified atom stereocenters. The topological polar surface area (TPSA) is 67.2 Å². The zero-order valence-corrected chi connectivity index (χ0v) is 11.1. The van der Waals surface area contributed by atoms with Gasteiger partial charge in [0.1, 0.15) is 5.82 Å². The largest absolute Gasteiger partial charge is 0.355 e. The first kappa shape index (κ1) is 14.0. The predicted molar refractivity (Wildman–Crippen MR) is 78.3 cm³/mol. The number of rotatable bonds is 4. The van der Waals surface area contributed by atoms with Crippen LogP contribution in [-0.4, -0.2) is 5.91 Å². The van der Waals surface area contributed by atoms with Crippen molar-refractivity contribution in [3.63, 3.8) is 0 Å². The minimum atomic E-state index is -0.327. The molecule has 4 N–H and O–H groups in total. The first-order chi connectivity index (χ1) is 9.60.